The lowest BCUT2D eigenvalue weighted by molar-refractivity contribution is 0.0939. The van der Waals surface area contributed by atoms with Gasteiger partial charge in [-0.05, 0) is 31.5 Å². The highest BCUT2D eigenvalue weighted by Gasteiger charge is 2.13. The smallest absolute Gasteiger partial charge is 0.255 e. The molecule has 0 aliphatic rings. The van der Waals surface area contributed by atoms with Crippen LogP contribution in [0.15, 0.2) is 47.3 Å². The van der Waals surface area contributed by atoms with Crippen LogP contribution < -0.4 is 10.1 Å². The van der Waals surface area contributed by atoms with Gasteiger partial charge in [0.1, 0.15) is 5.75 Å². The molecular weight excluding hydrogens is 270 g/mol. The van der Waals surface area contributed by atoms with Gasteiger partial charge in [0.25, 0.3) is 5.91 Å². The molecule has 0 bridgehead atoms. The maximum atomic E-state index is 12.1. The third-order valence-corrected chi connectivity index (χ3v) is 3.06. The summed E-state index contributed by atoms with van der Waals surface area (Å²) in [7, 11) is 0. The van der Waals surface area contributed by atoms with Crippen LogP contribution >= 0.6 is 0 Å². The van der Waals surface area contributed by atoms with Gasteiger partial charge in [-0.15, -0.1) is 0 Å². The van der Waals surface area contributed by atoms with Crippen LogP contribution in [-0.2, 0) is 0 Å². The minimum absolute atomic E-state index is 0.210. The SMILES string of the molecule is CCOc1ccccc1C(=O)NCCC(O)c1ccoc1. The van der Waals surface area contributed by atoms with E-state index in [0.29, 0.717) is 36.4 Å². The largest absolute Gasteiger partial charge is 0.493 e. The van der Waals surface area contributed by atoms with E-state index in [4.69, 9.17) is 9.15 Å². The molecule has 5 nitrogen and oxygen atoms in total. The highest BCUT2D eigenvalue weighted by Crippen LogP contribution is 2.18. The number of hydrogen-bond acceptors (Lipinski definition) is 4. The summed E-state index contributed by atoms with van der Waals surface area (Å²) in [6.07, 6.45) is 2.78. The van der Waals surface area contributed by atoms with Crippen LogP contribution in [0, 0.1) is 0 Å². The first-order valence-electron chi connectivity index (χ1n) is 6.92. The van der Waals surface area contributed by atoms with Crippen LogP contribution in [0.2, 0.25) is 0 Å². The summed E-state index contributed by atoms with van der Waals surface area (Å²) in [4.78, 5) is 12.1. The van der Waals surface area contributed by atoms with E-state index in [1.165, 1.54) is 12.5 Å². The Labute approximate surface area is 123 Å². The Balaban J connectivity index is 1.87. The minimum Gasteiger partial charge on any atom is -0.493 e. The first-order valence-corrected chi connectivity index (χ1v) is 6.92. The third-order valence-electron chi connectivity index (χ3n) is 3.06. The maximum Gasteiger partial charge on any atom is 0.255 e. The van der Waals surface area contributed by atoms with Crippen LogP contribution in [0.1, 0.15) is 35.4 Å². The molecule has 1 amide bonds. The molecule has 21 heavy (non-hydrogen) atoms. The lowest BCUT2D eigenvalue weighted by atomic mass is 10.1. The fourth-order valence-electron chi connectivity index (χ4n) is 1.98. The van der Waals surface area contributed by atoms with Crippen molar-refractivity contribution in [3.05, 3.63) is 54.0 Å². The Morgan fingerprint density at radius 3 is 2.90 bits per heavy atom. The highest BCUT2D eigenvalue weighted by atomic mass is 16.5. The molecule has 0 spiro atoms. The lowest BCUT2D eigenvalue weighted by Crippen LogP contribution is -2.26. The summed E-state index contributed by atoms with van der Waals surface area (Å²) in [5.41, 5.74) is 1.20. The van der Waals surface area contributed by atoms with E-state index >= 15 is 0 Å². The summed E-state index contributed by atoms with van der Waals surface area (Å²) in [5, 5.41) is 12.7. The van der Waals surface area contributed by atoms with Gasteiger partial charge in [0.2, 0.25) is 0 Å². The molecule has 5 heteroatoms. The molecule has 0 fully saturated rings. The fraction of sp³-hybridized carbons (Fsp3) is 0.312. The van der Waals surface area contributed by atoms with Gasteiger partial charge in [-0.25, -0.2) is 0 Å². The van der Waals surface area contributed by atoms with Crippen molar-refractivity contribution in [3.63, 3.8) is 0 Å². The number of carbonyl (C=O) groups excluding carboxylic acids is 1. The zero-order valence-corrected chi connectivity index (χ0v) is 11.9. The van der Waals surface area contributed by atoms with Gasteiger partial charge in [-0.1, -0.05) is 12.1 Å². The summed E-state index contributed by atoms with van der Waals surface area (Å²) in [6.45, 7) is 2.74. The molecule has 0 aliphatic carbocycles. The average Bonchev–Trinajstić information content (AvgIpc) is 3.02. The topological polar surface area (TPSA) is 71.7 Å². The van der Waals surface area contributed by atoms with Crippen molar-refractivity contribution in [2.75, 3.05) is 13.2 Å². The Bertz CT molecular complexity index is 565. The van der Waals surface area contributed by atoms with Crippen molar-refractivity contribution in [2.45, 2.75) is 19.4 Å². The van der Waals surface area contributed by atoms with E-state index in [2.05, 4.69) is 5.32 Å². The van der Waals surface area contributed by atoms with Crippen LogP contribution in [-0.4, -0.2) is 24.2 Å². The fourth-order valence-corrected chi connectivity index (χ4v) is 1.98. The number of hydrogen-bond donors (Lipinski definition) is 2. The number of carbonyl (C=O) groups is 1. The number of furan rings is 1. The zero-order chi connectivity index (χ0) is 15.1. The van der Waals surface area contributed by atoms with Crippen molar-refractivity contribution in [3.8, 4) is 5.75 Å². The molecule has 0 saturated carbocycles. The predicted octanol–water partition coefficient (Wildman–Crippen LogP) is 2.53. The van der Waals surface area contributed by atoms with Gasteiger partial charge in [0.05, 0.1) is 30.8 Å². The number of aliphatic hydroxyl groups is 1. The van der Waals surface area contributed by atoms with Gasteiger partial charge in [-0.2, -0.15) is 0 Å². The number of benzene rings is 1. The monoisotopic (exact) mass is 289 g/mol. The second-order valence-corrected chi connectivity index (χ2v) is 4.55. The summed E-state index contributed by atoms with van der Waals surface area (Å²) < 4.78 is 10.3. The summed E-state index contributed by atoms with van der Waals surface area (Å²) in [5.74, 6) is 0.353. The molecule has 1 atom stereocenters. The number of rotatable bonds is 7. The number of aliphatic hydroxyl groups excluding tert-OH is 1. The first-order chi connectivity index (χ1) is 10.2. The molecule has 2 rings (SSSR count). The quantitative estimate of drug-likeness (QED) is 0.821. The molecule has 0 saturated heterocycles. The normalized spacial score (nSPS) is 11.9. The van der Waals surface area contributed by atoms with Crippen molar-refractivity contribution in [2.24, 2.45) is 0 Å². The Kier molecular flexibility index (Phi) is 5.40. The van der Waals surface area contributed by atoms with Crippen molar-refractivity contribution >= 4 is 5.91 Å². The number of ether oxygens (including phenoxy) is 1. The summed E-state index contributed by atoms with van der Waals surface area (Å²) >= 11 is 0. The number of nitrogens with one attached hydrogen (secondary N) is 1. The van der Waals surface area contributed by atoms with E-state index in [9.17, 15) is 9.90 Å². The van der Waals surface area contributed by atoms with Crippen molar-refractivity contribution < 1.29 is 19.1 Å². The average molecular weight is 289 g/mol. The van der Waals surface area contributed by atoms with E-state index in [1.54, 1.807) is 24.3 Å². The Morgan fingerprint density at radius 1 is 1.38 bits per heavy atom. The van der Waals surface area contributed by atoms with E-state index in [-0.39, 0.29) is 5.91 Å². The molecule has 1 heterocycles. The summed E-state index contributed by atoms with van der Waals surface area (Å²) in [6, 6.07) is 8.80. The first kappa shape index (κ1) is 15.1. The van der Waals surface area contributed by atoms with Crippen LogP contribution in [0.25, 0.3) is 0 Å². The molecule has 112 valence electrons. The molecule has 1 unspecified atom stereocenters. The molecule has 2 aromatic rings. The van der Waals surface area contributed by atoms with Gasteiger partial charge in [0, 0.05) is 12.1 Å². The predicted molar refractivity (Wildman–Crippen MR) is 78.2 cm³/mol. The van der Waals surface area contributed by atoms with Gasteiger partial charge < -0.3 is 19.6 Å². The molecule has 1 aromatic heterocycles. The van der Waals surface area contributed by atoms with Crippen LogP contribution in [0.4, 0.5) is 0 Å². The molecule has 2 N–H and O–H groups in total. The van der Waals surface area contributed by atoms with Gasteiger partial charge in [0.15, 0.2) is 0 Å². The second-order valence-electron chi connectivity index (χ2n) is 4.55. The third kappa shape index (κ3) is 4.10. The van der Waals surface area contributed by atoms with E-state index in [1.807, 2.05) is 13.0 Å². The van der Waals surface area contributed by atoms with Crippen molar-refractivity contribution in [1.29, 1.82) is 0 Å². The van der Waals surface area contributed by atoms with Crippen molar-refractivity contribution in [1.82, 2.24) is 5.32 Å². The molecular formula is C16H19NO4. The number of amides is 1. The van der Waals surface area contributed by atoms with Crippen LogP contribution in [0.3, 0.4) is 0 Å². The molecule has 1 aromatic carbocycles. The Morgan fingerprint density at radius 2 is 2.19 bits per heavy atom. The minimum atomic E-state index is -0.647. The highest BCUT2D eigenvalue weighted by molar-refractivity contribution is 5.96. The molecule has 0 radical (unpaired) electrons. The number of para-hydroxylation sites is 1. The molecule has 0 aliphatic heterocycles. The second kappa shape index (κ2) is 7.50. The Hall–Kier alpha value is -2.27. The standard InChI is InChI=1S/C16H19NO4/c1-2-21-15-6-4-3-5-13(15)16(19)17-9-7-14(18)12-8-10-20-11-12/h3-6,8,10-11,14,18H,2,7,9H2,1H3,(H,17,19). The zero-order valence-electron chi connectivity index (χ0n) is 11.9. The van der Waals surface area contributed by atoms with Gasteiger partial charge >= 0.3 is 0 Å². The van der Waals surface area contributed by atoms with Crippen LogP contribution in [0.5, 0.6) is 5.75 Å². The van der Waals surface area contributed by atoms with Gasteiger partial charge in [-0.3, -0.25) is 4.79 Å². The maximum absolute atomic E-state index is 12.1. The van der Waals surface area contributed by atoms with E-state index in [0.717, 1.165) is 0 Å². The lowest BCUT2D eigenvalue weighted by Gasteiger charge is -2.12. The van der Waals surface area contributed by atoms with E-state index < -0.39 is 6.10 Å².